The summed E-state index contributed by atoms with van der Waals surface area (Å²) in [5.41, 5.74) is 3.15. The molecule has 1 aliphatic rings. The Morgan fingerprint density at radius 3 is 2.79 bits per heavy atom. The first-order chi connectivity index (χ1) is 9.15. The Kier molecular flexibility index (Phi) is 3.63. The van der Waals surface area contributed by atoms with E-state index < -0.39 is 0 Å². The fourth-order valence-electron chi connectivity index (χ4n) is 2.55. The Hall–Kier alpha value is -0.870. The molecule has 0 spiro atoms. The minimum absolute atomic E-state index is 0.183. The third kappa shape index (κ3) is 2.56. The Morgan fingerprint density at radius 1 is 1.16 bits per heavy atom. The van der Waals surface area contributed by atoms with Crippen molar-refractivity contribution in [3.63, 3.8) is 0 Å². The molecule has 0 saturated carbocycles. The third-order valence-corrected chi connectivity index (χ3v) is 4.71. The van der Waals surface area contributed by atoms with E-state index in [1.165, 1.54) is 17.2 Å². The molecule has 0 aromatic heterocycles. The lowest BCUT2D eigenvalue weighted by atomic mass is 10.1. The Bertz CT molecular complexity index is 628. The summed E-state index contributed by atoms with van der Waals surface area (Å²) in [6.07, 6.45) is 2.01. The van der Waals surface area contributed by atoms with Crippen LogP contribution in [0.15, 0.2) is 45.3 Å². The zero-order valence-corrected chi connectivity index (χ0v) is 13.3. The van der Waals surface area contributed by atoms with E-state index in [1.54, 1.807) is 6.07 Å². The molecular weight excluding hydrogens is 373 g/mol. The van der Waals surface area contributed by atoms with Gasteiger partial charge in [-0.25, -0.2) is 4.39 Å². The average molecular weight is 385 g/mol. The van der Waals surface area contributed by atoms with Crippen LogP contribution in [-0.4, -0.2) is 0 Å². The topological polar surface area (TPSA) is 12.0 Å². The van der Waals surface area contributed by atoms with E-state index in [2.05, 4.69) is 49.3 Å². The number of fused-ring (bicyclic) bond motifs is 1. The number of nitrogens with one attached hydrogen (secondary N) is 1. The monoisotopic (exact) mass is 383 g/mol. The normalized spacial score (nSPS) is 17.3. The number of hydrogen-bond acceptors (Lipinski definition) is 1. The first-order valence-corrected chi connectivity index (χ1v) is 7.72. The second-order valence-electron chi connectivity index (χ2n) is 4.67. The lowest BCUT2D eigenvalue weighted by Crippen LogP contribution is -2.08. The highest BCUT2D eigenvalue weighted by Gasteiger charge is 2.24. The summed E-state index contributed by atoms with van der Waals surface area (Å²) >= 11 is 6.85. The molecule has 3 rings (SSSR count). The lowest BCUT2D eigenvalue weighted by molar-refractivity contribution is 0.624. The Labute approximate surface area is 128 Å². The van der Waals surface area contributed by atoms with Gasteiger partial charge in [-0.15, -0.1) is 0 Å². The van der Waals surface area contributed by atoms with E-state index in [9.17, 15) is 4.39 Å². The largest absolute Gasteiger partial charge is 0.376 e. The van der Waals surface area contributed by atoms with Crippen molar-refractivity contribution in [3.8, 4) is 0 Å². The van der Waals surface area contributed by atoms with Crippen LogP contribution in [0.25, 0.3) is 0 Å². The van der Waals surface area contributed by atoms with E-state index >= 15 is 0 Å². The van der Waals surface area contributed by atoms with Crippen LogP contribution in [-0.2, 0) is 6.42 Å². The molecule has 0 radical (unpaired) electrons. The molecule has 1 atom stereocenters. The molecule has 0 heterocycles. The maximum atomic E-state index is 13.9. The first kappa shape index (κ1) is 13.1. The standard InChI is InChI=1S/C15H12Br2FN/c16-9-4-6-15(13(18)8-9)19-14-7-5-10-11(14)2-1-3-12(10)17/h1-4,6,8,14,19H,5,7H2. The van der Waals surface area contributed by atoms with Crippen molar-refractivity contribution in [1.29, 1.82) is 0 Å². The minimum atomic E-state index is -0.224. The lowest BCUT2D eigenvalue weighted by Gasteiger charge is -2.16. The van der Waals surface area contributed by atoms with Gasteiger partial charge in [0.15, 0.2) is 0 Å². The molecule has 0 aliphatic heterocycles. The van der Waals surface area contributed by atoms with Gasteiger partial charge in [0.05, 0.1) is 11.7 Å². The Morgan fingerprint density at radius 2 is 2.00 bits per heavy atom. The van der Waals surface area contributed by atoms with Crippen LogP contribution in [0.1, 0.15) is 23.6 Å². The van der Waals surface area contributed by atoms with Crippen LogP contribution < -0.4 is 5.32 Å². The van der Waals surface area contributed by atoms with Crippen molar-refractivity contribution in [2.24, 2.45) is 0 Å². The van der Waals surface area contributed by atoms with E-state index in [0.29, 0.717) is 5.69 Å². The molecule has 0 saturated heterocycles. The summed E-state index contributed by atoms with van der Waals surface area (Å²) in [7, 11) is 0. The summed E-state index contributed by atoms with van der Waals surface area (Å²) in [6.45, 7) is 0. The molecule has 2 aromatic rings. The maximum Gasteiger partial charge on any atom is 0.147 e. The summed E-state index contributed by atoms with van der Waals surface area (Å²) in [6, 6.07) is 11.5. The molecule has 0 bridgehead atoms. The molecule has 1 nitrogen and oxygen atoms in total. The number of halogens is 3. The van der Waals surface area contributed by atoms with E-state index in [1.807, 2.05) is 12.1 Å². The first-order valence-electron chi connectivity index (χ1n) is 6.14. The highest BCUT2D eigenvalue weighted by atomic mass is 79.9. The number of hydrogen-bond donors (Lipinski definition) is 1. The summed E-state index contributed by atoms with van der Waals surface area (Å²) < 4.78 is 15.8. The van der Waals surface area contributed by atoms with Crippen molar-refractivity contribution in [1.82, 2.24) is 0 Å². The molecule has 1 unspecified atom stereocenters. The molecule has 2 aromatic carbocycles. The van der Waals surface area contributed by atoms with Gasteiger partial charge in [0.25, 0.3) is 0 Å². The van der Waals surface area contributed by atoms with Crippen molar-refractivity contribution >= 4 is 37.5 Å². The van der Waals surface area contributed by atoms with Gasteiger partial charge in [-0.1, -0.05) is 44.0 Å². The number of anilines is 1. The molecule has 0 amide bonds. The van der Waals surface area contributed by atoms with Crippen LogP contribution in [0, 0.1) is 5.82 Å². The molecule has 19 heavy (non-hydrogen) atoms. The van der Waals surface area contributed by atoms with E-state index in [0.717, 1.165) is 21.8 Å². The maximum absolute atomic E-state index is 13.9. The van der Waals surface area contributed by atoms with Gasteiger partial charge < -0.3 is 5.32 Å². The van der Waals surface area contributed by atoms with Crippen molar-refractivity contribution in [2.45, 2.75) is 18.9 Å². The number of rotatable bonds is 2. The van der Waals surface area contributed by atoms with Crippen molar-refractivity contribution in [3.05, 3.63) is 62.3 Å². The highest BCUT2D eigenvalue weighted by molar-refractivity contribution is 9.10. The smallest absolute Gasteiger partial charge is 0.147 e. The van der Waals surface area contributed by atoms with Crippen LogP contribution in [0.4, 0.5) is 10.1 Å². The third-order valence-electron chi connectivity index (χ3n) is 3.47. The van der Waals surface area contributed by atoms with Crippen molar-refractivity contribution < 1.29 is 4.39 Å². The second-order valence-corrected chi connectivity index (χ2v) is 6.44. The number of benzene rings is 2. The van der Waals surface area contributed by atoms with Gasteiger partial charge in [0.1, 0.15) is 5.82 Å². The van der Waals surface area contributed by atoms with E-state index in [4.69, 9.17) is 0 Å². The van der Waals surface area contributed by atoms with Gasteiger partial charge in [-0.3, -0.25) is 0 Å². The van der Waals surface area contributed by atoms with Gasteiger partial charge in [-0.2, -0.15) is 0 Å². The zero-order chi connectivity index (χ0) is 13.4. The summed E-state index contributed by atoms with van der Waals surface area (Å²) in [4.78, 5) is 0. The minimum Gasteiger partial charge on any atom is -0.376 e. The second kappa shape index (κ2) is 5.25. The molecule has 98 valence electrons. The highest BCUT2D eigenvalue weighted by Crippen LogP contribution is 2.38. The van der Waals surface area contributed by atoms with Gasteiger partial charge in [0, 0.05) is 8.95 Å². The predicted molar refractivity (Wildman–Crippen MR) is 82.9 cm³/mol. The SMILES string of the molecule is Fc1cc(Br)ccc1NC1CCc2c(Br)cccc21. The molecular formula is C15H12Br2FN. The fraction of sp³-hybridized carbons (Fsp3) is 0.200. The van der Waals surface area contributed by atoms with Gasteiger partial charge in [0.2, 0.25) is 0 Å². The van der Waals surface area contributed by atoms with Crippen LogP contribution in [0.3, 0.4) is 0 Å². The molecule has 0 fully saturated rings. The van der Waals surface area contributed by atoms with E-state index in [-0.39, 0.29) is 11.9 Å². The zero-order valence-electron chi connectivity index (χ0n) is 10.1. The quantitative estimate of drug-likeness (QED) is 0.725. The molecule has 1 aliphatic carbocycles. The predicted octanol–water partition coefficient (Wildman–Crippen LogP) is 5.45. The average Bonchev–Trinajstić information content (AvgIpc) is 2.78. The van der Waals surface area contributed by atoms with Crippen LogP contribution in [0.2, 0.25) is 0 Å². The fourth-order valence-corrected chi connectivity index (χ4v) is 3.47. The molecule has 1 N–H and O–H groups in total. The summed E-state index contributed by atoms with van der Waals surface area (Å²) in [5, 5.41) is 3.30. The van der Waals surface area contributed by atoms with Crippen molar-refractivity contribution in [2.75, 3.05) is 5.32 Å². The Balaban J connectivity index is 1.89. The van der Waals surface area contributed by atoms with Gasteiger partial charge in [-0.05, 0) is 48.2 Å². The summed E-state index contributed by atoms with van der Waals surface area (Å²) in [5.74, 6) is -0.224. The molecule has 4 heteroatoms. The van der Waals surface area contributed by atoms with Gasteiger partial charge >= 0.3 is 0 Å². The van der Waals surface area contributed by atoms with Crippen LogP contribution in [0.5, 0.6) is 0 Å². The van der Waals surface area contributed by atoms with Crippen LogP contribution >= 0.6 is 31.9 Å².